The Hall–Kier alpha value is -0.510. The number of hydrogen-bond donors (Lipinski definition) is 1. The van der Waals surface area contributed by atoms with E-state index in [1.54, 1.807) is 0 Å². The highest BCUT2D eigenvalue weighted by Gasteiger charge is 1.93. The summed E-state index contributed by atoms with van der Waals surface area (Å²) in [5, 5.41) is 7.51. The second kappa shape index (κ2) is 2.87. The molecular formula is C5H9N3S. The number of nitrogens with zero attached hydrogens (tertiary/aromatic N) is 3. The van der Waals surface area contributed by atoms with Crippen molar-refractivity contribution in [2.45, 2.75) is 19.8 Å². The van der Waals surface area contributed by atoms with Crippen molar-refractivity contribution < 1.29 is 0 Å². The highest BCUT2D eigenvalue weighted by atomic mass is 32.1. The molecule has 0 aliphatic carbocycles. The Bertz CT molecular complexity index is 184. The standard InChI is InChI=1S/C5H9N3S/c1-2-3-5-4-8(9)7-6-5/h4,9H,2-3H2,1H3. The van der Waals surface area contributed by atoms with Gasteiger partial charge in [-0.3, -0.25) is 0 Å². The summed E-state index contributed by atoms with van der Waals surface area (Å²) in [7, 11) is 0. The van der Waals surface area contributed by atoms with Gasteiger partial charge in [-0.2, -0.15) is 4.09 Å². The Balaban J connectivity index is 2.61. The minimum atomic E-state index is 0.987. The molecule has 1 aromatic rings. The van der Waals surface area contributed by atoms with Crippen LogP contribution in [0.1, 0.15) is 19.0 Å². The molecule has 0 amide bonds. The molecule has 0 bridgehead atoms. The second-order valence-corrected chi connectivity index (χ2v) is 2.29. The summed E-state index contributed by atoms with van der Waals surface area (Å²) in [6, 6.07) is 0. The van der Waals surface area contributed by atoms with Crippen LogP contribution in [0.15, 0.2) is 6.20 Å². The summed E-state index contributed by atoms with van der Waals surface area (Å²) in [4.78, 5) is 0. The van der Waals surface area contributed by atoms with Crippen LogP contribution >= 0.6 is 12.8 Å². The summed E-state index contributed by atoms with van der Waals surface area (Å²) in [6.45, 7) is 2.11. The molecule has 0 aromatic carbocycles. The molecule has 0 spiro atoms. The van der Waals surface area contributed by atoms with Crippen LogP contribution in [0.25, 0.3) is 0 Å². The van der Waals surface area contributed by atoms with Crippen molar-refractivity contribution >= 4 is 12.8 Å². The van der Waals surface area contributed by atoms with Gasteiger partial charge in [0.1, 0.15) is 0 Å². The van der Waals surface area contributed by atoms with Gasteiger partial charge in [0, 0.05) is 0 Å². The predicted molar refractivity (Wildman–Crippen MR) is 38.4 cm³/mol. The summed E-state index contributed by atoms with van der Waals surface area (Å²) in [5.74, 6) is 0. The van der Waals surface area contributed by atoms with Crippen LogP contribution in [0.2, 0.25) is 0 Å². The summed E-state index contributed by atoms with van der Waals surface area (Å²) < 4.78 is 1.42. The fourth-order valence-electron chi connectivity index (χ4n) is 0.659. The first-order valence-electron chi connectivity index (χ1n) is 2.93. The maximum Gasteiger partial charge on any atom is 0.0838 e. The van der Waals surface area contributed by atoms with Crippen molar-refractivity contribution in [1.29, 1.82) is 0 Å². The van der Waals surface area contributed by atoms with E-state index in [0.717, 1.165) is 18.5 Å². The first kappa shape index (κ1) is 6.61. The minimum Gasteiger partial charge on any atom is -0.197 e. The lowest BCUT2D eigenvalue weighted by atomic mass is 10.3. The highest BCUT2D eigenvalue weighted by Crippen LogP contribution is 1.96. The smallest absolute Gasteiger partial charge is 0.0838 e. The van der Waals surface area contributed by atoms with Gasteiger partial charge in [-0.05, 0) is 19.2 Å². The van der Waals surface area contributed by atoms with Crippen molar-refractivity contribution in [3.05, 3.63) is 11.9 Å². The van der Waals surface area contributed by atoms with Gasteiger partial charge in [-0.25, -0.2) is 0 Å². The lowest BCUT2D eigenvalue weighted by Crippen LogP contribution is -1.80. The molecule has 9 heavy (non-hydrogen) atoms. The Labute approximate surface area is 59.6 Å². The van der Waals surface area contributed by atoms with E-state index in [4.69, 9.17) is 0 Å². The topological polar surface area (TPSA) is 30.7 Å². The maximum atomic E-state index is 3.94. The van der Waals surface area contributed by atoms with Crippen molar-refractivity contribution in [3.8, 4) is 0 Å². The molecule has 0 radical (unpaired) electrons. The van der Waals surface area contributed by atoms with Gasteiger partial charge >= 0.3 is 0 Å². The maximum absolute atomic E-state index is 3.94. The van der Waals surface area contributed by atoms with E-state index in [9.17, 15) is 0 Å². The summed E-state index contributed by atoms with van der Waals surface area (Å²) in [6.07, 6.45) is 3.90. The van der Waals surface area contributed by atoms with Crippen LogP contribution in [-0.2, 0) is 6.42 Å². The van der Waals surface area contributed by atoms with Gasteiger partial charge in [0.25, 0.3) is 0 Å². The van der Waals surface area contributed by atoms with Gasteiger partial charge in [-0.1, -0.05) is 18.6 Å². The quantitative estimate of drug-likeness (QED) is 0.624. The molecule has 50 valence electrons. The van der Waals surface area contributed by atoms with Crippen LogP contribution in [0.5, 0.6) is 0 Å². The van der Waals surface area contributed by atoms with Gasteiger partial charge in [0.05, 0.1) is 11.9 Å². The highest BCUT2D eigenvalue weighted by molar-refractivity contribution is 7.78. The van der Waals surface area contributed by atoms with E-state index < -0.39 is 0 Å². The van der Waals surface area contributed by atoms with Gasteiger partial charge in [0.2, 0.25) is 0 Å². The molecule has 0 unspecified atom stereocenters. The van der Waals surface area contributed by atoms with Crippen molar-refractivity contribution in [2.24, 2.45) is 0 Å². The third kappa shape index (κ3) is 1.71. The molecular weight excluding hydrogens is 134 g/mol. The molecule has 0 saturated carbocycles. The molecule has 0 fully saturated rings. The van der Waals surface area contributed by atoms with E-state index in [0.29, 0.717) is 0 Å². The third-order valence-corrected chi connectivity index (χ3v) is 1.23. The van der Waals surface area contributed by atoms with Crippen LogP contribution in [0, 0.1) is 0 Å². The van der Waals surface area contributed by atoms with Crippen molar-refractivity contribution in [3.63, 3.8) is 0 Å². The third-order valence-electron chi connectivity index (χ3n) is 1.04. The fourth-order valence-corrected chi connectivity index (χ4v) is 0.832. The van der Waals surface area contributed by atoms with Crippen LogP contribution in [0.3, 0.4) is 0 Å². The second-order valence-electron chi connectivity index (χ2n) is 1.88. The number of hydrogen-bond acceptors (Lipinski definition) is 3. The molecule has 0 N–H and O–H groups in total. The van der Waals surface area contributed by atoms with Gasteiger partial charge in [-0.15, -0.1) is 5.10 Å². The molecule has 0 aliphatic rings. The fraction of sp³-hybridized carbons (Fsp3) is 0.600. The Kier molecular flexibility index (Phi) is 2.10. The van der Waals surface area contributed by atoms with Crippen LogP contribution < -0.4 is 0 Å². The lowest BCUT2D eigenvalue weighted by Gasteiger charge is -1.83. The Morgan fingerprint density at radius 2 is 2.56 bits per heavy atom. The zero-order valence-electron chi connectivity index (χ0n) is 5.28. The number of rotatable bonds is 2. The first-order chi connectivity index (χ1) is 4.33. The number of aryl methyl sites for hydroxylation is 1. The monoisotopic (exact) mass is 143 g/mol. The van der Waals surface area contributed by atoms with Crippen molar-refractivity contribution in [1.82, 2.24) is 14.4 Å². The number of thiol groups is 1. The van der Waals surface area contributed by atoms with Crippen LogP contribution in [0.4, 0.5) is 0 Å². The lowest BCUT2D eigenvalue weighted by molar-refractivity contribution is 0.843. The van der Waals surface area contributed by atoms with Crippen LogP contribution in [-0.4, -0.2) is 14.4 Å². The zero-order chi connectivity index (χ0) is 6.69. The summed E-state index contributed by atoms with van der Waals surface area (Å²) in [5.41, 5.74) is 1.01. The largest absolute Gasteiger partial charge is 0.197 e. The average Bonchev–Trinajstić information content (AvgIpc) is 2.17. The first-order valence-corrected chi connectivity index (χ1v) is 3.33. The van der Waals surface area contributed by atoms with E-state index in [-0.39, 0.29) is 0 Å². The molecule has 0 saturated heterocycles. The van der Waals surface area contributed by atoms with E-state index >= 15 is 0 Å². The SMILES string of the molecule is CCCc1cn(S)nn1. The van der Waals surface area contributed by atoms with Crippen molar-refractivity contribution in [2.75, 3.05) is 0 Å². The average molecular weight is 143 g/mol. The molecule has 4 heteroatoms. The normalized spacial score (nSPS) is 10.0. The Morgan fingerprint density at radius 3 is 3.00 bits per heavy atom. The molecule has 0 atom stereocenters. The molecule has 1 rings (SSSR count). The Morgan fingerprint density at radius 1 is 1.78 bits per heavy atom. The summed E-state index contributed by atoms with van der Waals surface area (Å²) >= 11 is 3.94. The molecule has 1 aromatic heterocycles. The molecule has 1 heterocycles. The molecule has 0 aliphatic heterocycles. The van der Waals surface area contributed by atoms with E-state index in [1.807, 2.05) is 6.20 Å². The minimum absolute atomic E-state index is 0.987. The van der Waals surface area contributed by atoms with Gasteiger partial charge < -0.3 is 0 Å². The van der Waals surface area contributed by atoms with Gasteiger partial charge in [0.15, 0.2) is 0 Å². The van der Waals surface area contributed by atoms with E-state index in [2.05, 4.69) is 30.1 Å². The zero-order valence-corrected chi connectivity index (χ0v) is 6.17. The predicted octanol–water partition coefficient (Wildman–Crippen LogP) is 0.923. The van der Waals surface area contributed by atoms with E-state index in [1.165, 1.54) is 4.09 Å². The number of aromatic nitrogens is 3. The molecule has 3 nitrogen and oxygen atoms in total.